The number of aromatic nitrogens is 1. The molecule has 0 atom stereocenters. The fraction of sp³-hybridized carbons (Fsp3) is 0.0833. The lowest BCUT2D eigenvalue weighted by Gasteiger charge is -2.05. The number of nitrogens with zero attached hydrogens (tertiary/aromatic N) is 1. The van der Waals surface area contributed by atoms with E-state index in [1.807, 2.05) is 0 Å². The normalized spacial score (nSPS) is 10.2. The number of hydrogen-bond acceptors (Lipinski definition) is 3. The van der Waals surface area contributed by atoms with Crippen molar-refractivity contribution in [3.63, 3.8) is 0 Å². The maximum atomic E-state index is 11.4. The summed E-state index contributed by atoms with van der Waals surface area (Å²) in [6, 6.07) is 9.48. The molecule has 1 heterocycles. The van der Waals surface area contributed by atoms with Crippen molar-refractivity contribution in [1.29, 1.82) is 0 Å². The van der Waals surface area contributed by atoms with Crippen molar-refractivity contribution in [2.24, 2.45) is 0 Å². The standard InChI is InChI=1S/C12H11NO3/c14-10-5-3-9(4-6-10)8-11-12(15)2-1-7-13(11)16/h1-7,14-15H,8H2. The van der Waals surface area contributed by atoms with Gasteiger partial charge in [0.15, 0.2) is 11.9 Å². The maximum Gasteiger partial charge on any atom is 0.239 e. The van der Waals surface area contributed by atoms with Crippen molar-refractivity contribution in [2.75, 3.05) is 0 Å². The van der Waals surface area contributed by atoms with Gasteiger partial charge < -0.3 is 15.4 Å². The van der Waals surface area contributed by atoms with Crippen LogP contribution in [0.25, 0.3) is 0 Å². The average molecular weight is 217 g/mol. The van der Waals surface area contributed by atoms with Crippen molar-refractivity contribution in [2.45, 2.75) is 6.42 Å². The molecule has 0 fully saturated rings. The van der Waals surface area contributed by atoms with E-state index in [0.29, 0.717) is 16.8 Å². The lowest BCUT2D eigenvalue weighted by molar-refractivity contribution is -0.614. The molecule has 0 aliphatic carbocycles. The Morgan fingerprint density at radius 3 is 2.38 bits per heavy atom. The second kappa shape index (κ2) is 4.10. The van der Waals surface area contributed by atoms with E-state index in [4.69, 9.17) is 5.11 Å². The van der Waals surface area contributed by atoms with Crippen molar-refractivity contribution < 1.29 is 14.9 Å². The third-order valence-electron chi connectivity index (χ3n) is 2.35. The predicted octanol–water partition coefficient (Wildman–Crippen LogP) is 1.32. The molecule has 1 aromatic heterocycles. The zero-order valence-electron chi connectivity index (χ0n) is 8.50. The van der Waals surface area contributed by atoms with Gasteiger partial charge in [-0.2, -0.15) is 4.73 Å². The highest BCUT2D eigenvalue weighted by atomic mass is 16.5. The molecular weight excluding hydrogens is 206 g/mol. The van der Waals surface area contributed by atoms with Gasteiger partial charge in [0.25, 0.3) is 0 Å². The molecule has 0 amide bonds. The maximum absolute atomic E-state index is 11.4. The molecular formula is C12H11NO3. The van der Waals surface area contributed by atoms with E-state index in [1.54, 1.807) is 24.3 Å². The van der Waals surface area contributed by atoms with Crippen molar-refractivity contribution in [3.05, 3.63) is 59.1 Å². The molecule has 2 rings (SSSR count). The minimum absolute atomic E-state index is 0.0226. The molecule has 4 heteroatoms. The molecule has 2 aromatic rings. The van der Waals surface area contributed by atoms with E-state index in [2.05, 4.69) is 0 Å². The fourth-order valence-electron chi connectivity index (χ4n) is 1.49. The van der Waals surface area contributed by atoms with Gasteiger partial charge in [-0.05, 0) is 23.8 Å². The zero-order valence-corrected chi connectivity index (χ0v) is 8.50. The summed E-state index contributed by atoms with van der Waals surface area (Å²) in [4.78, 5) is 0. The van der Waals surface area contributed by atoms with Crippen LogP contribution in [0.5, 0.6) is 11.5 Å². The molecule has 0 unspecified atom stereocenters. The minimum Gasteiger partial charge on any atom is -0.618 e. The summed E-state index contributed by atoms with van der Waals surface area (Å²) in [5.41, 5.74) is 1.15. The van der Waals surface area contributed by atoms with E-state index in [9.17, 15) is 10.3 Å². The van der Waals surface area contributed by atoms with Crippen LogP contribution >= 0.6 is 0 Å². The summed E-state index contributed by atoms with van der Waals surface area (Å²) in [5.74, 6) is 0.154. The molecule has 0 radical (unpaired) electrons. The van der Waals surface area contributed by atoms with Gasteiger partial charge >= 0.3 is 0 Å². The van der Waals surface area contributed by atoms with Crippen molar-refractivity contribution >= 4 is 0 Å². The topological polar surface area (TPSA) is 67.4 Å². The Balaban J connectivity index is 2.30. The monoisotopic (exact) mass is 217 g/mol. The van der Waals surface area contributed by atoms with E-state index >= 15 is 0 Å². The number of phenols is 1. The van der Waals surface area contributed by atoms with Crippen LogP contribution in [0, 0.1) is 5.21 Å². The van der Waals surface area contributed by atoms with E-state index in [1.165, 1.54) is 18.3 Å². The van der Waals surface area contributed by atoms with Gasteiger partial charge in [-0.15, -0.1) is 0 Å². The lowest BCUT2D eigenvalue weighted by atomic mass is 10.1. The van der Waals surface area contributed by atoms with Gasteiger partial charge in [-0.25, -0.2) is 0 Å². The molecule has 0 aliphatic rings. The van der Waals surface area contributed by atoms with Crippen LogP contribution in [0.3, 0.4) is 0 Å². The van der Waals surface area contributed by atoms with Gasteiger partial charge in [-0.1, -0.05) is 12.1 Å². The Morgan fingerprint density at radius 2 is 1.75 bits per heavy atom. The molecule has 0 saturated heterocycles. The van der Waals surface area contributed by atoms with Gasteiger partial charge in [0.1, 0.15) is 5.75 Å². The molecule has 0 aliphatic heterocycles. The first-order valence-corrected chi connectivity index (χ1v) is 4.85. The van der Waals surface area contributed by atoms with Gasteiger partial charge in [-0.3, -0.25) is 0 Å². The number of hydrogen-bond donors (Lipinski definition) is 2. The first-order chi connectivity index (χ1) is 7.66. The highest BCUT2D eigenvalue weighted by molar-refractivity contribution is 5.31. The highest BCUT2D eigenvalue weighted by Gasteiger charge is 2.11. The Kier molecular flexibility index (Phi) is 2.64. The molecule has 0 bridgehead atoms. The average Bonchev–Trinajstić information content (AvgIpc) is 2.26. The van der Waals surface area contributed by atoms with Crippen LogP contribution in [0.1, 0.15) is 11.3 Å². The SMILES string of the molecule is [O-][n+]1cccc(O)c1Cc1ccc(O)cc1. The third-order valence-corrected chi connectivity index (χ3v) is 2.35. The molecule has 82 valence electrons. The fourth-order valence-corrected chi connectivity index (χ4v) is 1.49. The van der Waals surface area contributed by atoms with Crippen molar-refractivity contribution in [3.8, 4) is 11.5 Å². The summed E-state index contributed by atoms with van der Waals surface area (Å²) in [5, 5.41) is 30.1. The smallest absolute Gasteiger partial charge is 0.239 e. The Bertz CT molecular complexity index is 474. The first kappa shape index (κ1) is 10.3. The molecule has 0 spiro atoms. The number of benzene rings is 1. The predicted molar refractivity (Wildman–Crippen MR) is 58.0 cm³/mol. The summed E-state index contributed by atoms with van der Waals surface area (Å²) in [6.07, 6.45) is 1.67. The molecule has 1 aromatic carbocycles. The molecule has 4 nitrogen and oxygen atoms in total. The molecule has 0 saturated carbocycles. The largest absolute Gasteiger partial charge is 0.618 e. The number of rotatable bonds is 2. The zero-order chi connectivity index (χ0) is 11.5. The summed E-state index contributed by atoms with van der Waals surface area (Å²) >= 11 is 0. The van der Waals surface area contributed by atoms with Gasteiger partial charge in [0.2, 0.25) is 5.69 Å². The molecule has 16 heavy (non-hydrogen) atoms. The summed E-state index contributed by atoms with van der Waals surface area (Å²) in [6.45, 7) is 0. The van der Waals surface area contributed by atoms with Crippen LogP contribution < -0.4 is 4.73 Å². The lowest BCUT2D eigenvalue weighted by Crippen LogP contribution is -2.31. The van der Waals surface area contributed by atoms with Gasteiger partial charge in [0.05, 0.1) is 6.42 Å². The highest BCUT2D eigenvalue weighted by Crippen LogP contribution is 2.17. The Hall–Kier alpha value is -2.23. The second-order valence-electron chi connectivity index (χ2n) is 3.51. The van der Waals surface area contributed by atoms with Crippen LogP contribution in [-0.4, -0.2) is 10.2 Å². The Morgan fingerprint density at radius 1 is 1.06 bits per heavy atom. The minimum atomic E-state index is -0.0226. The van der Waals surface area contributed by atoms with Gasteiger partial charge in [0, 0.05) is 6.07 Å². The van der Waals surface area contributed by atoms with E-state index < -0.39 is 0 Å². The number of pyridine rings is 1. The van der Waals surface area contributed by atoms with Crippen LogP contribution in [0.2, 0.25) is 0 Å². The van der Waals surface area contributed by atoms with Crippen LogP contribution in [0.15, 0.2) is 42.6 Å². The third kappa shape index (κ3) is 2.06. The molecule has 2 N–H and O–H groups in total. The quantitative estimate of drug-likeness (QED) is 0.589. The number of phenolic OH excluding ortho intramolecular Hbond substituents is 1. The second-order valence-corrected chi connectivity index (χ2v) is 3.51. The summed E-state index contributed by atoms with van der Waals surface area (Å²) in [7, 11) is 0. The first-order valence-electron chi connectivity index (χ1n) is 4.85. The van der Waals surface area contributed by atoms with Crippen molar-refractivity contribution in [1.82, 2.24) is 0 Å². The van der Waals surface area contributed by atoms with E-state index in [-0.39, 0.29) is 11.5 Å². The van der Waals surface area contributed by atoms with Crippen LogP contribution in [-0.2, 0) is 6.42 Å². The Labute approximate surface area is 92.6 Å². The number of aromatic hydroxyl groups is 2. The van der Waals surface area contributed by atoms with Crippen LogP contribution in [0.4, 0.5) is 0 Å². The summed E-state index contributed by atoms with van der Waals surface area (Å²) < 4.78 is 0.641. The van der Waals surface area contributed by atoms with E-state index in [0.717, 1.165) is 5.56 Å².